The van der Waals surface area contributed by atoms with Gasteiger partial charge in [-0.3, -0.25) is 0 Å². The molecule has 1 N–H and O–H groups in total. The molecule has 1 heterocycles. The molecule has 0 bridgehead atoms. The number of rotatable bonds is 3. The first-order valence-corrected chi connectivity index (χ1v) is 8.28. The van der Waals surface area contributed by atoms with E-state index in [4.69, 9.17) is 5.26 Å². The van der Waals surface area contributed by atoms with Crippen molar-refractivity contribution in [2.75, 3.05) is 13.1 Å². The highest BCUT2D eigenvalue weighted by molar-refractivity contribution is 7.89. The molecular formula is C13H11F6N3O2S. The Hall–Kier alpha value is -2.00. The Bertz CT molecular complexity index is 765. The van der Waals surface area contributed by atoms with Gasteiger partial charge in [-0.1, -0.05) is 0 Å². The standard InChI is InChI=1S/C13H11F6N3O2S/c14-12(15,16)8-3-9(13(17,18)19)5-11(4-8)25(23,24)21-10-1-2-22(6-10)7-20/h3-5,10,21H,1-2,6H2/t10-/m1/s1. The highest BCUT2D eigenvalue weighted by Gasteiger charge is 2.38. The number of alkyl halides is 6. The maximum Gasteiger partial charge on any atom is 0.416 e. The van der Waals surface area contributed by atoms with Crippen LogP contribution in [0.4, 0.5) is 26.3 Å². The molecule has 0 saturated carbocycles. The Kier molecular flexibility index (Phi) is 4.93. The van der Waals surface area contributed by atoms with Crippen molar-refractivity contribution < 1.29 is 34.8 Å². The molecule has 2 rings (SSSR count). The van der Waals surface area contributed by atoms with E-state index < -0.39 is 44.4 Å². The van der Waals surface area contributed by atoms with E-state index in [0.717, 1.165) is 0 Å². The summed E-state index contributed by atoms with van der Waals surface area (Å²) in [5.74, 6) is 0. The van der Waals surface area contributed by atoms with Gasteiger partial charge in [0.1, 0.15) is 0 Å². The van der Waals surface area contributed by atoms with Gasteiger partial charge in [-0.25, -0.2) is 13.1 Å². The molecule has 0 aliphatic carbocycles. The van der Waals surface area contributed by atoms with Gasteiger partial charge < -0.3 is 4.90 Å². The third-order valence-electron chi connectivity index (χ3n) is 3.52. The summed E-state index contributed by atoms with van der Waals surface area (Å²) in [6.45, 7) is 0.223. The highest BCUT2D eigenvalue weighted by atomic mass is 32.2. The SMILES string of the molecule is N#CN1CC[C@@H](NS(=O)(=O)c2cc(C(F)(F)F)cc(C(F)(F)F)c2)C1. The number of sulfonamides is 1. The molecule has 138 valence electrons. The zero-order valence-electron chi connectivity index (χ0n) is 12.3. The van der Waals surface area contributed by atoms with Gasteiger partial charge in [-0.15, -0.1) is 0 Å². The number of nitriles is 1. The minimum atomic E-state index is -5.14. The predicted octanol–water partition coefficient (Wildman–Crippen LogP) is 2.56. The number of nitrogens with one attached hydrogen (secondary N) is 1. The molecule has 0 radical (unpaired) electrons. The van der Waals surface area contributed by atoms with Gasteiger partial charge in [-0.05, 0) is 24.6 Å². The van der Waals surface area contributed by atoms with E-state index in [1.165, 1.54) is 4.90 Å². The summed E-state index contributed by atoms with van der Waals surface area (Å²) in [5.41, 5.74) is -3.43. The number of hydrogen-bond acceptors (Lipinski definition) is 4. The van der Waals surface area contributed by atoms with Crippen LogP contribution in [0.3, 0.4) is 0 Å². The maximum atomic E-state index is 12.8. The third kappa shape index (κ3) is 4.55. The van der Waals surface area contributed by atoms with Gasteiger partial charge in [0.2, 0.25) is 10.0 Å². The molecule has 0 amide bonds. The highest BCUT2D eigenvalue weighted by Crippen LogP contribution is 2.37. The summed E-state index contributed by atoms with van der Waals surface area (Å²) < 4.78 is 103. The molecule has 5 nitrogen and oxygen atoms in total. The Morgan fingerprint density at radius 3 is 2.00 bits per heavy atom. The zero-order valence-corrected chi connectivity index (χ0v) is 13.1. The van der Waals surface area contributed by atoms with Crippen molar-refractivity contribution in [2.24, 2.45) is 0 Å². The van der Waals surface area contributed by atoms with E-state index in [0.29, 0.717) is 0 Å². The fraction of sp³-hybridized carbons (Fsp3) is 0.462. The molecule has 1 aliphatic heterocycles. The van der Waals surface area contributed by atoms with E-state index in [1.807, 2.05) is 4.72 Å². The van der Waals surface area contributed by atoms with Crippen LogP contribution in [0.1, 0.15) is 17.5 Å². The quantitative estimate of drug-likeness (QED) is 0.639. The first-order chi connectivity index (χ1) is 11.3. The molecule has 1 aliphatic rings. The number of nitrogens with zero attached hydrogens (tertiary/aromatic N) is 2. The van der Waals surface area contributed by atoms with Gasteiger partial charge in [-0.2, -0.15) is 31.6 Å². The van der Waals surface area contributed by atoms with Gasteiger partial charge in [0.05, 0.1) is 16.0 Å². The molecule has 1 aromatic carbocycles. The molecule has 0 unspecified atom stereocenters. The average molecular weight is 387 g/mol. The summed E-state index contributed by atoms with van der Waals surface area (Å²) in [7, 11) is -4.63. The summed E-state index contributed by atoms with van der Waals surface area (Å²) in [6, 6.07) is -0.636. The smallest absolute Gasteiger partial charge is 0.309 e. The van der Waals surface area contributed by atoms with Gasteiger partial charge in [0, 0.05) is 19.1 Å². The van der Waals surface area contributed by atoms with E-state index in [2.05, 4.69) is 0 Å². The van der Waals surface area contributed by atoms with Crippen LogP contribution in [-0.2, 0) is 22.4 Å². The second-order valence-electron chi connectivity index (χ2n) is 5.39. The average Bonchev–Trinajstić information content (AvgIpc) is 2.92. The summed E-state index contributed by atoms with van der Waals surface area (Å²) >= 11 is 0. The van der Waals surface area contributed by atoms with Gasteiger partial charge in [0.25, 0.3) is 0 Å². The fourth-order valence-electron chi connectivity index (χ4n) is 2.32. The Morgan fingerprint density at radius 1 is 1.08 bits per heavy atom. The number of likely N-dealkylation sites (tertiary alicyclic amines) is 1. The van der Waals surface area contributed by atoms with Crippen LogP contribution in [0.2, 0.25) is 0 Å². The van der Waals surface area contributed by atoms with Crippen LogP contribution in [0.25, 0.3) is 0 Å². The minimum Gasteiger partial charge on any atom is -0.309 e. The van der Waals surface area contributed by atoms with E-state index in [-0.39, 0.29) is 37.7 Å². The lowest BCUT2D eigenvalue weighted by Crippen LogP contribution is -2.36. The summed E-state index contributed by atoms with van der Waals surface area (Å²) in [4.78, 5) is 0.0885. The summed E-state index contributed by atoms with van der Waals surface area (Å²) in [6.07, 6.45) is -8.30. The monoisotopic (exact) mass is 387 g/mol. The predicted molar refractivity (Wildman–Crippen MR) is 72.4 cm³/mol. The van der Waals surface area contributed by atoms with E-state index in [1.54, 1.807) is 6.19 Å². The Balaban J connectivity index is 2.41. The van der Waals surface area contributed by atoms with Crippen LogP contribution in [0.15, 0.2) is 23.1 Å². The number of halogens is 6. The second kappa shape index (κ2) is 6.38. The van der Waals surface area contributed by atoms with Crippen molar-refractivity contribution in [1.29, 1.82) is 5.26 Å². The molecule has 1 saturated heterocycles. The molecule has 12 heteroatoms. The normalized spacial score (nSPS) is 19.1. The number of hydrogen-bond donors (Lipinski definition) is 1. The molecule has 0 aromatic heterocycles. The minimum absolute atomic E-state index is 0.0131. The second-order valence-corrected chi connectivity index (χ2v) is 7.11. The van der Waals surface area contributed by atoms with Crippen molar-refractivity contribution in [2.45, 2.75) is 29.7 Å². The largest absolute Gasteiger partial charge is 0.416 e. The maximum absolute atomic E-state index is 12.8. The molecule has 1 fully saturated rings. The lowest BCUT2D eigenvalue weighted by molar-refractivity contribution is -0.143. The van der Waals surface area contributed by atoms with Crippen molar-refractivity contribution in [3.8, 4) is 6.19 Å². The van der Waals surface area contributed by atoms with Crippen LogP contribution in [0, 0.1) is 11.5 Å². The first kappa shape index (κ1) is 19.3. The third-order valence-corrected chi connectivity index (χ3v) is 5.02. The molecular weight excluding hydrogens is 376 g/mol. The fourth-order valence-corrected chi connectivity index (χ4v) is 3.65. The zero-order chi connectivity index (χ0) is 19.0. The lowest BCUT2D eigenvalue weighted by Gasteiger charge is -2.16. The first-order valence-electron chi connectivity index (χ1n) is 6.79. The topological polar surface area (TPSA) is 73.2 Å². The molecule has 0 spiro atoms. The van der Waals surface area contributed by atoms with Gasteiger partial charge in [0.15, 0.2) is 6.19 Å². The summed E-state index contributed by atoms with van der Waals surface area (Å²) in [5, 5.41) is 8.70. The van der Waals surface area contributed by atoms with E-state index >= 15 is 0 Å². The van der Waals surface area contributed by atoms with Gasteiger partial charge >= 0.3 is 12.4 Å². The number of benzene rings is 1. The Labute approximate surface area is 138 Å². The van der Waals surface area contributed by atoms with E-state index in [9.17, 15) is 34.8 Å². The van der Waals surface area contributed by atoms with Crippen LogP contribution in [-0.4, -0.2) is 32.4 Å². The van der Waals surface area contributed by atoms with Crippen molar-refractivity contribution >= 4 is 10.0 Å². The Morgan fingerprint density at radius 2 is 1.60 bits per heavy atom. The van der Waals surface area contributed by atoms with Crippen molar-refractivity contribution in [3.63, 3.8) is 0 Å². The molecule has 25 heavy (non-hydrogen) atoms. The van der Waals surface area contributed by atoms with Crippen molar-refractivity contribution in [1.82, 2.24) is 9.62 Å². The van der Waals surface area contributed by atoms with Crippen LogP contribution >= 0.6 is 0 Å². The van der Waals surface area contributed by atoms with Crippen molar-refractivity contribution in [3.05, 3.63) is 29.3 Å². The molecule has 1 atom stereocenters. The lowest BCUT2D eigenvalue weighted by atomic mass is 10.1. The molecule has 1 aromatic rings. The van der Waals surface area contributed by atoms with Crippen LogP contribution in [0.5, 0.6) is 0 Å². The van der Waals surface area contributed by atoms with Crippen LogP contribution < -0.4 is 4.72 Å².